The Morgan fingerprint density at radius 3 is 2.88 bits per heavy atom. The Kier molecular flexibility index (Phi) is 5.41. The zero-order chi connectivity index (χ0) is 18.5. The monoisotopic (exact) mass is 353 g/mol. The number of hydrogen-bond acceptors (Lipinski definition) is 4. The first-order valence-corrected chi connectivity index (χ1v) is 8.60. The van der Waals surface area contributed by atoms with Crippen molar-refractivity contribution < 1.29 is 13.9 Å². The molecule has 136 valence electrons. The number of benzene rings is 1. The van der Waals surface area contributed by atoms with E-state index in [0.29, 0.717) is 18.3 Å². The smallest absolute Gasteiger partial charge is 0.263 e. The van der Waals surface area contributed by atoms with Gasteiger partial charge >= 0.3 is 0 Å². The quantitative estimate of drug-likeness (QED) is 0.698. The van der Waals surface area contributed by atoms with E-state index in [0.717, 1.165) is 22.6 Å². The van der Waals surface area contributed by atoms with Crippen molar-refractivity contribution in [2.75, 3.05) is 11.9 Å². The Hall–Kier alpha value is -3.02. The third kappa shape index (κ3) is 4.33. The fraction of sp³-hybridized carbons (Fsp3) is 0.300. The van der Waals surface area contributed by atoms with Crippen LogP contribution in [0, 0.1) is 6.92 Å². The van der Waals surface area contributed by atoms with Crippen LogP contribution in [-0.2, 0) is 11.3 Å². The summed E-state index contributed by atoms with van der Waals surface area (Å²) in [6.07, 6.45) is 3.25. The van der Waals surface area contributed by atoms with E-state index in [1.165, 1.54) is 0 Å². The highest BCUT2D eigenvalue weighted by Gasteiger charge is 2.12. The van der Waals surface area contributed by atoms with Crippen molar-refractivity contribution in [2.45, 2.75) is 33.2 Å². The summed E-state index contributed by atoms with van der Waals surface area (Å²) in [5.74, 6) is 2.20. The Bertz CT molecular complexity index is 866. The van der Waals surface area contributed by atoms with Crippen LogP contribution in [-0.4, -0.2) is 22.3 Å². The lowest BCUT2D eigenvalue weighted by atomic mass is 10.0. The average molecular weight is 353 g/mol. The molecule has 0 unspecified atom stereocenters. The second kappa shape index (κ2) is 7.91. The van der Waals surface area contributed by atoms with Gasteiger partial charge in [0.15, 0.2) is 6.61 Å². The molecule has 6 heteroatoms. The normalized spacial score (nSPS) is 10.9. The molecule has 0 atom stereocenters. The van der Waals surface area contributed by atoms with Gasteiger partial charge in [0, 0.05) is 6.07 Å². The third-order valence-electron chi connectivity index (χ3n) is 4.02. The Balaban J connectivity index is 1.62. The van der Waals surface area contributed by atoms with Gasteiger partial charge in [0.05, 0.1) is 12.5 Å². The summed E-state index contributed by atoms with van der Waals surface area (Å²) in [5, 5.41) is 7.04. The lowest BCUT2D eigenvalue weighted by molar-refractivity contribution is -0.118. The molecule has 1 aromatic carbocycles. The average Bonchev–Trinajstić information content (AvgIpc) is 3.26. The number of amides is 1. The van der Waals surface area contributed by atoms with Gasteiger partial charge in [-0.2, -0.15) is 5.10 Å². The maximum atomic E-state index is 12.3. The van der Waals surface area contributed by atoms with Gasteiger partial charge in [0.1, 0.15) is 23.9 Å². The van der Waals surface area contributed by atoms with Gasteiger partial charge in [0.25, 0.3) is 5.91 Å². The number of rotatable bonds is 7. The van der Waals surface area contributed by atoms with Crippen LogP contribution < -0.4 is 10.1 Å². The van der Waals surface area contributed by atoms with Crippen LogP contribution in [0.5, 0.6) is 5.75 Å². The molecular formula is C20H23N3O3. The topological polar surface area (TPSA) is 69.3 Å². The minimum Gasteiger partial charge on any atom is -0.483 e. The zero-order valence-electron chi connectivity index (χ0n) is 15.2. The molecule has 0 aliphatic heterocycles. The van der Waals surface area contributed by atoms with Gasteiger partial charge in [-0.25, -0.2) is 4.68 Å². The van der Waals surface area contributed by atoms with Crippen LogP contribution >= 0.6 is 0 Å². The van der Waals surface area contributed by atoms with Gasteiger partial charge in [0.2, 0.25) is 0 Å². The fourth-order valence-electron chi connectivity index (χ4n) is 2.68. The Morgan fingerprint density at radius 2 is 2.15 bits per heavy atom. The predicted molar refractivity (Wildman–Crippen MR) is 99.4 cm³/mol. The second-order valence-electron chi connectivity index (χ2n) is 6.49. The van der Waals surface area contributed by atoms with Crippen LogP contribution in [0.15, 0.2) is 53.3 Å². The SMILES string of the molecule is Cc1ccc(C(C)C)c(OCC(=O)Nc2ccnn2Cc2ccco2)c1. The van der Waals surface area contributed by atoms with Crippen LogP contribution in [0.4, 0.5) is 5.82 Å². The molecular weight excluding hydrogens is 330 g/mol. The first-order valence-electron chi connectivity index (χ1n) is 8.60. The van der Waals surface area contributed by atoms with E-state index >= 15 is 0 Å². The lowest BCUT2D eigenvalue weighted by Gasteiger charge is -2.15. The summed E-state index contributed by atoms with van der Waals surface area (Å²) < 4.78 is 12.8. The van der Waals surface area contributed by atoms with Crippen molar-refractivity contribution in [2.24, 2.45) is 0 Å². The molecule has 0 fully saturated rings. The number of ether oxygens (including phenoxy) is 1. The summed E-state index contributed by atoms with van der Waals surface area (Å²) in [7, 11) is 0. The number of carbonyl (C=O) groups excluding carboxylic acids is 1. The Morgan fingerprint density at radius 1 is 1.31 bits per heavy atom. The van der Waals surface area contributed by atoms with Crippen molar-refractivity contribution in [3.8, 4) is 5.75 Å². The van der Waals surface area contributed by atoms with E-state index in [-0.39, 0.29) is 12.5 Å². The van der Waals surface area contributed by atoms with Gasteiger partial charge < -0.3 is 14.5 Å². The molecule has 0 radical (unpaired) electrons. The summed E-state index contributed by atoms with van der Waals surface area (Å²) in [5.41, 5.74) is 2.19. The van der Waals surface area contributed by atoms with Crippen LogP contribution in [0.2, 0.25) is 0 Å². The number of aromatic nitrogens is 2. The largest absolute Gasteiger partial charge is 0.483 e. The van der Waals surface area contributed by atoms with Crippen molar-refractivity contribution >= 4 is 11.7 Å². The number of carbonyl (C=O) groups is 1. The molecule has 3 aromatic rings. The Labute approximate surface area is 152 Å². The number of furan rings is 1. The summed E-state index contributed by atoms with van der Waals surface area (Å²) in [6.45, 7) is 6.60. The van der Waals surface area contributed by atoms with Gasteiger partial charge in [-0.15, -0.1) is 0 Å². The fourth-order valence-corrected chi connectivity index (χ4v) is 2.68. The minimum absolute atomic E-state index is 0.0604. The van der Waals surface area contributed by atoms with E-state index in [4.69, 9.17) is 9.15 Å². The molecule has 6 nitrogen and oxygen atoms in total. The maximum Gasteiger partial charge on any atom is 0.263 e. The number of nitrogens with zero attached hydrogens (tertiary/aromatic N) is 2. The number of aryl methyl sites for hydroxylation is 1. The number of anilines is 1. The summed E-state index contributed by atoms with van der Waals surface area (Å²) in [6, 6.07) is 11.5. The van der Waals surface area contributed by atoms with Crippen LogP contribution in [0.25, 0.3) is 0 Å². The van der Waals surface area contributed by atoms with Crippen molar-refractivity contribution in [3.05, 3.63) is 65.7 Å². The van der Waals surface area contributed by atoms with Crippen molar-refractivity contribution in [3.63, 3.8) is 0 Å². The molecule has 26 heavy (non-hydrogen) atoms. The van der Waals surface area contributed by atoms with Gasteiger partial charge in [-0.1, -0.05) is 26.0 Å². The summed E-state index contributed by atoms with van der Waals surface area (Å²) >= 11 is 0. The molecule has 1 N–H and O–H groups in total. The summed E-state index contributed by atoms with van der Waals surface area (Å²) in [4.78, 5) is 12.3. The van der Waals surface area contributed by atoms with E-state index in [9.17, 15) is 4.79 Å². The number of hydrogen-bond donors (Lipinski definition) is 1. The second-order valence-corrected chi connectivity index (χ2v) is 6.49. The highest BCUT2D eigenvalue weighted by Crippen LogP contribution is 2.27. The first-order chi connectivity index (χ1) is 12.5. The molecule has 1 amide bonds. The van der Waals surface area contributed by atoms with Crippen molar-refractivity contribution in [1.82, 2.24) is 9.78 Å². The van der Waals surface area contributed by atoms with Crippen LogP contribution in [0.3, 0.4) is 0 Å². The van der Waals surface area contributed by atoms with Crippen LogP contribution in [0.1, 0.15) is 36.7 Å². The molecule has 0 spiro atoms. The maximum absolute atomic E-state index is 12.3. The zero-order valence-corrected chi connectivity index (χ0v) is 15.2. The molecule has 0 saturated carbocycles. The van der Waals surface area contributed by atoms with Gasteiger partial charge in [-0.05, 0) is 42.2 Å². The minimum atomic E-state index is -0.234. The lowest BCUT2D eigenvalue weighted by Crippen LogP contribution is -2.22. The first kappa shape index (κ1) is 17.8. The molecule has 3 rings (SSSR count). The van der Waals surface area contributed by atoms with E-state index in [1.54, 1.807) is 23.2 Å². The van der Waals surface area contributed by atoms with Gasteiger partial charge in [-0.3, -0.25) is 4.79 Å². The highest BCUT2D eigenvalue weighted by atomic mass is 16.5. The molecule has 0 bridgehead atoms. The van der Waals surface area contributed by atoms with Crippen molar-refractivity contribution in [1.29, 1.82) is 0 Å². The highest BCUT2D eigenvalue weighted by molar-refractivity contribution is 5.91. The van der Waals surface area contributed by atoms with E-state index < -0.39 is 0 Å². The molecule has 0 saturated heterocycles. The molecule has 2 heterocycles. The standard InChI is InChI=1S/C20H23N3O3/c1-14(2)17-7-6-15(3)11-18(17)26-13-20(24)22-19-8-9-21-23(19)12-16-5-4-10-25-16/h4-11,14H,12-13H2,1-3H3,(H,22,24). The number of nitrogens with one attached hydrogen (secondary N) is 1. The van der Waals surface area contributed by atoms with E-state index in [2.05, 4.69) is 30.3 Å². The third-order valence-corrected chi connectivity index (χ3v) is 4.02. The molecule has 0 aliphatic rings. The van der Waals surface area contributed by atoms with E-state index in [1.807, 2.05) is 31.2 Å². The molecule has 2 aromatic heterocycles. The molecule has 0 aliphatic carbocycles. The predicted octanol–water partition coefficient (Wildman–Crippen LogP) is 3.97.